The van der Waals surface area contributed by atoms with Gasteiger partial charge in [-0.2, -0.15) is 0 Å². The summed E-state index contributed by atoms with van der Waals surface area (Å²) in [4.78, 5) is 37.1. The van der Waals surface area contributed by atoms with Crippen molar-refractivity contribution >= 4 is 28.4 Å². The molecular weight excluding hydrogens is 366 g/mol. The molecule has 1 amide bonds. The van der Waals surface area contributed by atoms with E-state index in [0.29, 0.717) is 22.5 Å². The molecule has 3 rings (SSSR count). The van der Waals surface area contributed by atoms with Gasteiger partial charge in [-0.3, -0.25) is 18.7 Å². The van der Waals surface area contributed by atoms with Gasteiger partial charge in [0.15, 0.2) is 0 Å². The van der Waals surface area contributed by atoms with Crippen LogP contribution in [0.1, 0.15) is 12.0 Å². The fourth-order valence-corrected chi connectivity index (χ4v) is 3.10. The molecule has 0 bridgehead atoms. The summed E-state index contributed by atoms with van der Waals surface area (Å²) in [6.07, 6.45) is 1.55. The van der Waals surface area contributed by atoms with Crippen LogP contribution in [-0.4, -0.2) is 21.6 Å². The number of hydrogen-bond donors (Lipinski definition) is 1. The number of amides is 1. The fourth-order valence-electron chi connectivity index (χ4n) is 2.97. The number of benzene rings is 2. The number of fused-ring (bicyclic) bond motifs is 1. The smallest absolute Gasteiger partial charge is 0.331 e. The van der Waals surface area contributed by atoms with Gasteiger partial charge < -0.3 is 5.32 Å². The summed E-state index contributed by atoms with van der Waals surface area (Å²) in [5, 5.41) is 3.86. The first-order valence-electron chi connectivity index (χ1n) is 8.67. The van der Waals surface area contributed by atoms with Gasteiger partial charge in [0.1, 0.15) is 6.54 Å². The molecule has 1 heterocycles. The molecule has 140 valence electrons. The number of carbonyl (C=O) groups is 1. The second-order valence-electron chi connectivity index (χ2n) is 6.33. The van der Waals surface area contributed by atoms with Gasteiger partial charge in [0.2, 0.25) is 5.91 Å². The molecule has 0 spiro atoms. The maximum absolute atomic E-state index is 12.5. The number of hydrogen-bond acceptors (Lipinski definition) is 3. The van der Waals surface area contributed by atoms with Crippen molar-refractivity contribution in [3.05, 3.63) is 80.0 Å². The molecule has 0 radical (unpaired) electrons. The average Bonchev–Trinajstić information content (AvgIpc) is 2.68. The number of halogens is 1. The third-order valence-electron chi connectivity index (χ3n) is 4.44. The van der Waals surface area contributed by atoms with Crippen LogP contribution in [0.15, 0.2) is 58.1 Å². The van der Waals surface area contributed by atoms with Crippen LogP contribution >= 0.6 is 11.6 Å². The SMILES string of the molecule is Cn1c(=O)n(CC(=O)NCCCc2ccc(Cl)cc2)c(=O)c2ccccc21. The van der Waals surface area contributed by atoms with E-state index in [1.807, 2.05) is 24.3 Å². The molecule has 2 aromatic carbocycles. The monoisotopic (exact) mass is 385 g/mol. The van der Waals surface area contributed by atoms with Gasteiger partial charge in [-0.25, -0.2) is 4.79 Å². The van der Waals surface area contributed by atoms with Crippen molar-refractivity contribution in [3.8, 4) is 0 Å². The van der Waals surface area contributed by atoms with E-state index < -0.39 is 11.2 Å². The minimum atomic E-state index is -0.505. The number of aromatic nitrogens is 2. The van der Waals surface area contributed by atoms with Crippen LogP contribution in [-0.2, 0) is 24.8 Å². The summed E-state index contributed by atoms with van der Waals surface area (Å²) in [6, 6.07) is 14.4. The first-order valence-corrected chi connectivity index (χ1v) is 9.05. The van der Waals surface area contributed by atoms with E-state index in [-0.39, 0.29) is 12.5 Å². The van der Waals surface area contributed by atoms with Crippen molar-refractivity contribution in [1.29, 1.82) is 0 Å². The van der Waals surface area contributed by atoms with Gasteiger partial charge in [-0.1, -0.05) is 35.9 Å². The van der Waals surface area contributed by atoms with Crippen LogP contribution in [0.3, 0.4) is 0 Å². The van der Waals surface area contributed by atoms with E-state index in [1.54, 1.807) is 31.3 Å². The maximum atomic E-state index is 12.5. The van der Waals surface area contributed by atoms with Crippen molar-refractivity contribution in [2.24, 2.45) is 7.05 Å². The third-order valence-corrected chi connectivity index (χ3v) is 4.69. The molecule has 0 saturated carbocycles. The number of para-hydroxylation sites is 1. The van der Waals surface area contributed by atoms with Crippen LogP contribution in [0.2, 0.25) is 5.02 Å². The van der Waals surface area contributed by atoms with Crippen molar-refractivity contribution < 1.29 is 4.79 Å². The maximum Gasteiger partial charge on any atom is 0.331 e. The molecule has 0 unspecified atom stereocenters. The van der Waals surface area contributed by atoms with Crippen LogP contribution in [0, 0.1) is 0 Å². The largest absolute Gasteiger partial charge is 0.355 e. The second-order valence-corrected chi connectivity index (χ2v) is 6.77. The minimum Gasteiger partial charge on any atom is -0.355 e. The molecule has 7 heteroatoms. The first-order chi connectivity index (χ1) is 13.0. The van der Waals surface area contributed by atoms with E-state index in [0.717, 1.165) is 23.0 Å². The molecular formula is C20H20ClN3O3. The fraction of sp³-hybridized carbons (Fsp3) is 0.250. The van der Waals surface area contributed by atoms with Gasteiger partial charge in [0.05, 0.1) is 10.9 Å². The highest BCUT2D eigenvalue weighted by Gasteiger charge is 2.13. The van der Waals surface area contributed by atoms with Crippen molar-refractivity contribution in [1.82, 2.24) is 14.5 Å². The zero-order valence-corrected chi connectivity index (χ0v) is 15.7. The van der Waals surface area contributed by atoms with E-state index in [1.165, 1.54) is 4.57 Å². The molecule has 1 N–H and O–H groups in total. The van der Waals surface area contributed by atoms with E-state index in [9.17, 15) is 14.4 Å². The quantitative estimate of drug-likeness (QED) is 0.660. The Bertz CT molecular complexity index is 1080. The molecule has 0 atom stereocenters. The van der Waals surface area contributed by atoms with E-state index in [2.05, 4.69) is 5.32 Å². The molecule has 1 aromatic heterocycles. The first kappa shape index (κ1) is 18.9. The normalized spacial score (nSPS) is 10.9. The Labute approximate surface area is 161 Å². The summed E-state index contributed by atoms with van der Waals surface area (Å²) in [7, 11) is 1.59. The summed E-state index contributed by atoms with van der Waals surface area (Å²) in [5.74, 6) is -0.361. The number of aryl methyl sites for hydroxylation is 2. The van der Waals surface area contributed by atoms with Crippen LogP contribution in [0.25, 0.3) is 10.9 Å². The summed E-state index contributed by atoms with van der Waals surface area (Å²) < 4.78 is 2.35. The molecule has 27 heavy (non-hydrogen) atoms. The van der Waals surface area contributed by atoms with Crippen LogP contribution in [0.4, 0.5) is 0 Å². The molecule has 6 nitrogen and oxygen atoms in total. The Morgan fingerprint density at radius 3 is 2.52 bits per heavy atom. The highest BCUT2D eigenvalue weighted by molar-refractivity contribution is 6.30. The molecule has 0 saturated heterocycles. The van der Waals surface area contributed by atoms with Crippen molar-refractivity contribution in [2.75, 3.05) is 6.54 Å². The molecule has 3 aromatic rings. The lowest BCUT2D eigenvalue weighted by Crippen LogP contribution is -2.43. The Morgan fingerprint density at radius 1 is 1.07 bits per heavy atom. The number of rotatable bonds is 6. The number of nitrogens with zero attached hydrogens (tertiary/aromatic N) is 2. The lowest BCUT2D eigenvalue weighted by molar-refractivity contribution is -0.121. The number of nitrogens with one attached hydrogen (secondary N) is 1. The molecule has 0 aliphatic rings. The summed E-state index contributed by atoms with van der Waals surface area (Å²) in [5.41, 5.74) is 0.723. The Kier molecular flexibility index (Phi) is 5.76. The lowest BCUT2D eigenvalue weighted by atomic mass is 10.1. The second kappa shape index (κ2) is 8.22. The predicted molar refractivity (Wildman–Crippen MR) is 106 cm³/mol. The Balaban J connectivity index is 1.63. The zero-order chi connectivity index (χ0) is 19.4. The van der Waals surface area contributed by atoms with Gasteiger partial charge in [-0.15, -0.1) is 0 Å². The topological polar surface area (TPSA) is 73.1 Å². The van der Waals surface area contributed by atoms with Gasteiger partial charge in [-0.05, 0) is 42.7 Å². The van der Waals surface area contributed by atoms with E-state index >= 15 is 0 Å². The predicted octanol–water partition coefficient (Wildman–Crippen LogP) is 2.10. The Hall–Kier alpha value is -2.86. The minimum absolute atomic E-state index is 0.294. The molecule has 0 fully saturated rings. The highest BCUT2D eigenvalue weighted by atomic mass is 35.5. The Morgan fingerprint density at radius 2 is 1.78 bits per heavy atom. The standard InChI is InChI=1S/C20H20ClN3O3/c1-23-17-7-3-2-6-16(17)19(26)24(20(23)27)13-18(25)22-12-4-5-14-8-10-15(21)11-9-14/h2-3,6-11H,4-5,12-13H2,1H3,(H,22,25). The van der Waals surface area contributed by atoms with Crippen molar-refractivity contribution in [2.45, 2.75) is 19.4 Å². The van der Waals surface area contributed by atoms with Gasteiger partial charge in [0, 0.05) is 18.6 Å². The third kappa shape index (κ3) is 4.28. The summed E-state index contributed by atoms with van der Waals surface area (Å²) >= 11 is 5.85. The van der Waals surface area contributed by atoms with Crippen molar-refractivity contribution in [3.63, 3.8) is 0 Å². The van der Waals surface area contributed by atoms with Crippen LogP contribution in [0.5, 0.6) is 0 Å². The van der Waals surface area contributed by atoms with Gasteiger partial charge in [0.25, 0.3) is 5.56 Å². The van der Waals surface area contributed by atoms with E-state index in [4.69, 9.17) is 11.6 Å². The lowest BCUT2D eigenvalue weighted by Gasteiger charge is -2.11. The summed E-state index contributed by atoms with van der Waals surface area (Å²) in [6.45, 7) is 0.168. The van der Waals surface area contributed by atoms with Gasteiger partial charge >= 0.3 is 5.69 Å². The highest BCUT2D eigenvalue weighted by Crippen LogP contribution is 2.10. The number of carbonyl (C=O) groups excluding carboxylic acids is 1. The molecule has 0 aliphatic carbocycles. The van der Waals surface area contributed by atoms with Crippen LogP contribution < -0.4 is 16.6 Å². The molecule has 0 aliphatic heterocycles. The average molecular weight is 386 g/mol. The zero-order valence-electron chi connectivity index (χ0n) is 14.9.